The molecule has 2 aromatic rings. The molecule has 0 N–H and O–H groups in total. The zero-order valence-corrected chi connectivity index (χ0v) is 22.4. The minimum atomic E-state index is -0.546. The molecule has 2 aromatic carbocycles. The number of hydrogen-bond donors (Lipinski definition) is 0. The van der Waals surface area contributed by atoms with E-state index in [0.29, 0.717) is 42.2 Å². The van der Waals surface area contributed by atoms with Crippen molar-refractivity contribution >= 4 is 17.5 Å². The van der Waals surface area contributed by atoms with Gasteiger partial charge in [0.1, 0.15) is 11.5 Å². The van der Waals surface area contributed by atoms with Gasteiger partial charge in [0, 0.05) is 23.7 Å². The van der Waals surface area contributed by atoms with Crippen molar-refractivity contribution in [3.05, 3.63) is 64.9 Å². The van der Waals surface area contributed by atoms with E-state index in [1.54, 1.807) is 14.2 Å². The predicted octanol–water partition coefficient (Wildman–Crippen LogP) is 5.63. The van der Waals surface area contributed by atoms with Crippen molar-refractivity contribution in [2.45, 2.75) is 58.5 Å². The molecule has 3 atom stereocenters. The summed E-state index contributed by atoms with van der Waals surface area (Å²) in [5.74, 6) is 0.501. The highest BCUT2D eigenvalue weighted by molar-refractivity contribution is 6.12. The average Bonchev–Trinajstić information content (AvgIpc) is 2.87. The molecule has 0 saturated heterocycles. The molecule has 37 heavy (non-hydrogen) atoms. The number of ether oxygens (including phenoxy) is 4. The number of benzene rings is 2. The van der Waals surface area contributed by atoms with Crippen LogP contribution in [0.25, 0.3) is 0 Å². The number of ketones is 1. The number of fused-ring (bicyclic) bond motifs is 1. The summed E-state index contributed by atoms with van der Waals surface area (Å²) in [7, 11) is 3.21. The van der Waals surface area contributed by atoms with Gasteiger partial charge in [0.15, 0.2) is 11.5 Å². The van der Waals surface area contributed by atoms with Crippen molar-refractivity contribution in [1.82, 2.24) is 0 Å². The number of carbonyl (C=O) groups is 2. The molecular formula is C30H35NO6. The largest absolute Gasteiger partial charge is 0.497 e. The van der Waals surface area contributed by atoms with Gasteiger partial charge in [-0.3, -0.25) is 9.79 Å². The second kappa shape index (κ2) is 11.2. The summed E-state index contributed by atoms with van der Waals surface area (Å²) in [5, 5.41) is 0. The van der Waals surface area contributed by atoms with Crippen LogP contribution in [0.15, 0.2) is 58.7 Å². The second-order valence-electron chi connectivity index (χ2n) is 9.70. The Labute approximate surface area is 218 Å². The highest BCUT2D eigenvalue weighted by atomic mass is 16.5. The third kappa shape index (κ3) is 5.41. The van der Waals surface area contributed by atoms with Crippen molar-refractivity contribution in [3.63, 3.8) is 0 Å². The van der Waals surface area contributed by atoms with E-state index in [2.05, 4.69) is 0 Å². The van der Waals surface area contributed by atoms with Crippen molar-refractivity contribution in [3.8, 4) is 17.2 Å². The van der Waals surface area contributed by atoms with Crippen LogP contribution in [0.5, 0.6) is 17.2 Å². The molecule has 7 nitrogen and oxygen atoms in total. The van der Waals surface area contributed by atoms with Crippen LogP contribution in [-0.2, 0) is 14.3 Å². The summed E-state index contributed by atoms with van der Waals surface area (Å²) in [6.45, 7) is 7.84. The third-order valence-electron chi connectivity index (χ3n) is 6.95. The lowest BCUT2D eigenvalue weighted by Crippen LogP contribution is -2.41. The quantitative estimate of drug-likeness (QED) is 0.433. The lowest BCUT2D eigenvalue weighted by atomic mass is 9.66. The van der Waals surface area contributed by atoms with Gasteiger partial charge in [-0.15, -0.1) is 0 Å². The van der Waals surface area contributed by atoms with Crippen molar-refractivity contribution in [1.29, 1.82) is 0 Å². The first-order chi connectivity index (χ1) is 17.8. The first kappa shape index (κ1) is 26.5. The molecule has 1 saturated carbocycles. The molecule has 1 fully saturated rings. The van der Waals surface area contributed by atoms with Crippen LogP contribution in [0.1, 0.15) is 63.5 Å². The number of nitrogens with zero attached hydrogens (tertiary/aromatic N) is 1. The van der Waals surface area contributed by atoms with E-state index in [1.165, 1.54) is 0 Å². The van der Waals surface area contributed by atoms with E-state index >= 15 is 0 Å². The van der Waals surface area contributed by atoms with Gasteiger partial charge in [-0.25, -0.2) is 4.79 Å². The van der Waals surface area contributed by atoms with Gasteiger partial charge in [-0.05, 0) is 75.4 Å². The standard InChI is InChI=1S/C30H35NO6/c1-7-36-25-13-10-20(16-26(25)35-6)28-27(30(33)37-17(2)3)18(4)31-23-14-21(15-24(32)29(23)28)19-8-11-22(34-5)12-9-19/h8-13,16-17,21,28-29H,7,14-15H2,1-6H3/t21-,28+,29?/m1/s1. The van der Waals surface area contributed by atoms with E-state index in [0.717, 1.165) is 22.6 Å². The van der Waals surface area contributed by atoms with E-state index in [-0.39, 0.29) is 17.8 Å². The monoisotopic (exact) mass is 505 g/mol. The van der Waals surface area contributed by atoms with E-state index in [9.17, 15) is 9.59 Å². The highest BCUT2D eigenvalue weighted by Crippen LogP contribution is 2.47. The van der Waals surface area contributed by atoms with Crippen LogP contribution in [0.3, 0.4) is 0 Å². The van der Waals surface area contributed by atoms with Crippen LogP contribution in [0, 0.1) is 5.92 Å². The fraction of sp³-hybridized carbons (Fsp3) is 0.433. The Morgan fingerprint density at radius 3 is 2.30 bits per heavy atom. The molecular weight excluding hydrogens is 470 g/mol. The lowest BCUT2D eigenvalue weighted by molar-refractivity contribution is -0.143. The van der Waals surface area contributed by atoms with Gasteiger partial charge in [0.25, 0.3) is 0 Å². The van der Waals surface area contributed by atoms with Crippen molar-refractivity contribution < 1.29 is 28.5 Å². The number of esters is 1. The fourth-order valence-corrected chi connectivity index (χ4v) is 5.34. The zero-order valence-electron chi connectivity index (χ0n) is 22.4. The third-order valence-corrected chi connectivity index (χ3v) is 6.95. The number of rotatable bonds is 8. The van der Waals surface area contributed by atoms with Crippen LogP contribution < -0.4 is 14.2 Å². The Morgan fingerprint density at radius 2 is 1.68 bits per heavy atom. The van der Waals surface area contributed by atoms with Crippen LogP contribution >= 0.6 is 0 Å². The van der Waals surface area contributed by atoms with Gasteiger partial charge in [-0.1, -0.05) is 18.2 Å². The van der Waals surface area contributed by atoms with Crippen molar-refractivity contribution in [2.24, 2.45) is 10.9 Å². The van der Waals surface area contributed by atoms with E-state index in [4.69, 9.17) is 23.9 Å². The SMILES string of the molecule is CCOc1ccc([C@H]2C(C(=O)OC(C)C)=C(C)N=C3C[C@@H](c4ccc(OC)cc4)CC(=O)C32)cc1OC. The summed E-state index contributed by atoms with van der Waals surface area (Å²) >= 11 is 0. The predicted molar refractivity (Wildman–Crippen MR) is 142 cm³/mol. The highest BCUT2D eigenvalue weighted by Gasteiger charge is 2.46. The second-order valence-corrected chi connectivity index (χ2v) is 9.70. The van der Waals surface area contributed by atoms with Gasteiger partial charge >= 0.3 is 5.97 Å². The molecule has 0 bridgehead atoms. The molecule has 1 unspecified atom stereocenters. The number of methoxy groups -OCH3 is 2. The normalized spacial score (nSPS) is 21.3. The summed E-state index contributed by atoms with van der Waals surface area (Å²) in [6, 6.07) is 13.4. The molecule has 0 radical (unpaired) electrons. The molecule has 7 heteroatoms. The van der Waals surface area contributed by atoms with Crippen LogP contribution in [0.2, 0.25) is 0 Å². The summed E-state index contributed by atoms with van der Waals surface area (Å²) in [5.41, 5.74) is 3.67. The minimum absolute atomic E-state index is 0.0147. The topological polar surface area (TPSA) is 83.4 Å². The Bertz CT molecular complexity index is 1230. The number of carbonyl (C=O) groups excluding carboxylic acids is 2. The van der Waals surface area contributed by atoms with E-state index in [1.807, 2.05) is 70.2 Å². The van der Waals surface area contributed by atoms with Crippen LogP contribution in [-0.4, -0.2) is 44.4 Å². The lowest BCUT2D eigenvalue weighted by Gasteiger charge is -2.38. The summed E-state index contributed by atoms with van der Waals surface area (Å²) in [6.07, 6.45) is 0.707. The molecule has 4 rings (SSSR count). The van der Waals surface area contributed by atoms with E-state index < -0.39 is 17.8 Å². The number of hydrogen-bond acceptors (Lipinski definition) is 7. The number of aliphatic imine (C=N–C) groups is 1. The average molecular weight is 506 g/mol. The van der Waals surface area contributed by atoms with Gasteiger partial charge in [0.05, 0.1) is 38.4 Å². The molecule has 196 valence electrons. The Balaban J connectivity index is 1.78. The molecule has 0 amide bonds. The van der Waals surface area contributed by atoms with Crippen LogP contribution in [0.4, 0.5) is 0 Å². The zero-order chi connectivity index (χ0) is 26.7. The summed E-state index contributed by atoms with van der Waals surface area (Å²) < 4.78 is 22.2. The van der Waals surface area contributed by atoms with Gasteiger partial charge < -0.3 is 18.9 Å². The smallest absolute Gasteiger partial charge is 0.336 e. The van der Waals surface area contributed by atoms with Crippen molar-refractivity contribution in [2.75, 3.05) is 20.8 Å². The Kier molecular flexibility index (Phi) is 8.00. The van der Waals surface area contributed by atoms with Gasteiger partial charge in [0.2, 0.25) is 0 Å². The number of allylic oxidation sites excluding steroid dienone is 1. The first-order valence-corrected chi connectivity index (χ1v) is 12.7. The Morgan fingerprint density at radius 1 is 0.973 bits per heavy atom. The molecule has 1 heterocycles. The minimum Gasteiger partial charge on any atom is -0.497 e. The maximum absolute atomic E-state index is 13.8. The first-order valence-electron chi connectivity index (χ1n) is 12.7. The molecule has 1 aliphatic heterocycles. The molecule has 0 spiro atoms. The maximum atomic E-state index is 13.8. The molecule has 2 aliphatic rings. The molecule has 1 aliphatic carbocycles. The molecule has 0 aromatic heterocycles. The van der Waals surface area contributed by atoms with Gasteiger partial charge in [-0.2, -0.15) is 0 Å². The fourth-order valence-electron chi connectivity index (χ4n) is 5.34. The maximum Gasteiger partial charge on any atom is 0.336 e. The Hall–Kier alpha value is -3.61. The summed E-state index contributed by atoms with van der Waals surface area (Å²) in [4.78, 5) is 32.0. The number of Topliss-reactive ketones (excluding diaryl/α,β-unsaturated/α-hetero) is 1.